The topological polar surface area (TPSA) is 90.2 Å². The predicted octanol–water partition coefficient (Wildman–Crippen LogP) is 0.483. The fraction of sp³-hybridized carbons (Fsp3) is 0.308. The standard InChI is InChI=1S/C11H15N5.C2H6/c1-4-6-9-8(5-2)7(3)14-11(15-9)16-10(12)13;1-2/h4-6H,1H2,2-3H3,(H4,12,13,15,16);1-2H3/b8-5-,9-6+;. The third kappa shape index (κ3) is 4.37. The second-order valence-corrected chi connectivity index (χ2v) is 3.14. The van der Waals surface area contributed by atoms with Gasteiger partial charge >= 0.3 is 0 Å². The lowest BCUT2D eigenvalue weighted by Gasteiger charge is -1.98. The van der Waals surface area contributed by atoms with Crippen LogP contribution in [0, 0.1) is 6.92 Å². The lowest BCUT2D eigenvalue weighted by atomic mass is 10.3. The van der Waals surface area contributed by atoms with Crippen molar-refractivity contribution in [3.05, 3.63) is 28.9 Å². The molecule has 1 heterocycles. The number of nitrogens with zero attached hydrogens (tertiary/aromatic N) is 3. The van der Waals surface area contributed by atoms with Crippen molar-refractivity contribution in [1.82, 2.24) is 9.97 Å². The first kappa shape index (κ1) is 15.8. The normalized spacial score (nSPS) is 11.6. The Morgan fingerprint density at radius 2 is 1.89 bits per heavy atom. The minimum Gasteiger partial charge on any atom is -0.370 e. The third-order valence-electron chi connectivity index (χ3n) is 1.95. The summed E-state index contributed by atoms with van der Waals surface area (Å²) in [6.07, 6.45) is 5.38. The van der Waals surface area contributed by atoms with E-state index in [0.717, 1.165) is 16.3 Å². The van der Waals surface area contributed by atoms with E-state index in [-0.39, 0.29) is 11.9 Å². The van der Waals surface area contributed by atoms with Crippen LogP contribution in [0.5, 0.6) is 0 Å². The number of nitrogens with two attached hydrogens (primary N) is 2. The van der Waals surface area contributed by atoms with Gasteiger partial charge in [-0.05, 0) is 19.9 Å². The van der Waals surface area contributed by atoms with E-state index in [1.165, 1.54) is 0 Å². The highest BCUT2D eigenvalue weighted by molar-refractivity contribution is 5.77. The van der Waals surface area contributed by atoms with E-state index in [4.69, 9.17) is 11.5 Å². The fourth-order valence-corrected chi connectivity index (χ4v) is 1.35. The number of rotatable bonds is 2. The summed E-state index contributed by atoms with van der Waals surface area (Å²) < 4.78 is 0. The first-order valence-corrected chi connectivity index (χ1v) is 5.82. The van der Waals surface area contributed by atoms with Gasteiger partial charge in [-0.25, -0.2) is 9.97 Å². The van der Waals surface area contributed by atoms with Gasteiger partial charge in [0.15, 0.2) is 5.96 Å². The predicted molar refractivity (Wildman–Crippen MR) is 77.6 cm³/mol. The van der Waals surface area contributed by atoms with E-state index in [9.17, 15) is 0 Å². The molecule has 0 amide bonds. The van der Waals surface area contributed by atoms with Crippen molar-refractivity contribution in [2.24, 2.45) is 16.5 Å². The van der Waals surface area contributed by atoms with Crippen molar-refractivity contribution in [2.75, 3.05) is 0 Å². The average molecular weight is 247 g/mol. The van der Waals surface area contributed by atoms with Gasteiger partial charge in [-0.3, -0.25) is 0 Å². The van der Waals surface area contributed by atoms with Gasteiger partial charge in [0.05, 0.1) is 11.0 Å². The Bertz CT molecular complexity index is 539. The maximum absolute atomic E-state index is 5.28. The second-order valence-electron chi connectivity index (χ2n) is 3.14. The molecule has 0 bridgehead atoms. The van der Waals surface area contributed by atoms with Crippen LogP contribution in [-0.2, 0) is 0 Å². The van der Waals surface area contributed by atoms with Gasteiger partial charge in [0, 0.05) is 5.22 Å². The number of aryl methyl sites for hydroxylation is 1. The van der Waals surface area contributed by atoms with Gasteiger partial charge in [0.2, 0.25) is 0 Å². The van der Waals surface area contributed by atoms with Gasteiger partial charge in [0.25, 0.3) is 5.95 Å². The summed E-state index contributed by atoms with van der Waals surface area (Å²) in [7, 11) is 0. The zero-order valence-corrected chi connectivity index (χ0v) is 11.4. The highest BCUT2D eigenvalue weighted by Crippen LogP contribution is 1.96. The number of allylic oxidation sites excluding steroid dienone is 1. The van der Waals surface area contributed by atoms with Crippen LogP contribution in [0.4, 0.5) is 5.95 Å². The van der Waals surface area contributed by atoms with Crippen LogP contribution in [0.1, 0.15) is 26.5 Å². The molecule has 0 aromatic carbocycles. The summed E-state index contributed by atoms with van der Waals surface area (Å²) in [5.74, 6) is 0.202. The molecule has 1 aromatic rings. The summed E-state index contributed by atoms with van der Waals surface area (Å²) in [5, 5.41) is 1.71. The summed E-state index contributed by atoms with van der Waals surface area (Å²) in [5.41, 5.74) is 11.4. The molecule has 5 nitrogen and oxygen atoms in total. The van der Waals surface area contributed by atoms with Gasteiger partial charge in [-0.2, -0.15) is 4.99 Å². The highest BCUT2D eigenvalue weighted by atomic mass is 15.1. The van der Waals surface area contributed by atoms with Crippen LogP contribution in [-0.4, -0.2) is 15.9 Å². The molecule has 0 aliphatic carbocycles. The summed E-state index contributed by atoms with van der Waals surface area (Å²) >= 11 is 0. The summed E-state index contributed by atoms with van der Waals surface area (Å²) in [6, 6.07) is 0. The first-order valence-electron chi connectivity index (χ1n) is 5.82. The maximum atomic E-state index is 5.28. The van der Waals surface area contributed by atoms with Gasteiger partial charge < -0.3 is 11.5 Å². The van der Waals surface area contributed by atoms with E-state index in [1.807, 2.05) is 33.8 Å². The molecule has 98 valence electrons. The van der Waals surface area contributed by atoms with E-state index < -0.39 is 0 Å². The Hall–Kier alpha value is -2.17. The Morgan fingerprint density at radius 1 is 1.28 bits per heavy atom. The summed E-state index contributed by atoms with van der Waals surface area (Å²) in [6.45, 7) is 11.4. The molecule has 5 heteroatoms. The molecular formula is C13H21N5. The van der Waals surface area contributed by atoms with Crippen molar-refractivity contribution >= 4 is 24.1 Å². The number of aromatic nitrogens is 2. The van der Waals surface area contributed by atoms with Gasteiger partial charge in [-0.1, -0.05) is 32.6 Å². The first-order chi connectivity index (χ1) is 8.58. The Balaban J connectivity index is 0.00000137. The fourth-order valence-electron chi connectivity index (χ4n) is 1.35. The quantitative estimate of drug-likeness (QED) is 0.587. The number of hydrogen-bond donors (Lipinski definition) is 2. The largest absolute Gasteiger partial charge is 0.370 e. The van der Waals surface area contributed by atoms with Gasteiger partial charge in [0.1, 0.15) is 0 Å². The van der Waals surface area contributed by atoms with Crippen molar-refractivity contribution in [3.63, 3.8) is 0 Å². The van der Waals surface area contributed by atoms with E-state index >= 15 is 0 Å². The van der Waals surface area contributed by atoms with Crippen molar-refractivity contribution in [3.8, 4) is 0 Å². The zero-order valence-electron chi connectivity index (χ0n) is 11.4. The molecule has 0 saturated carbocycles. The molecule has 0 spiro atoms. The average Bonchev–Trinajstić information content (AvgIpc) is 2.31. The minimum atomic E-state index is -0.0582. The third-order valence-corrected chi connectivity index (χ3v) is 1.95. The molecule has 0 fully saturated rings. The lowest BCUT2D eigenvalue weighted by Crippen LogP contribution is -2.32. The SMILES string of the molecule is C=C/C=c1/nc(N=C(N)N)nc(C)/c1=C/C.CC. The van der Waals surface area contributed by atoms with E-state index in [1.54, 1.807) is 12.2 Å². The molecule has 0 unspecified atom stereocenters. The molecule has 0 aliphatic heterocycles. The molecule has 1 rings (SSSR count). The molecule has 18 heavy (non-hydrogen) atoms. The van der Waals surface area contributed by atoms with E-state index in [0.29, 0.717) is 0 Å². The number of guanidine groups is 1. The highest BCUT2D eigenvalue weighted by Gasteiger charge is 1.99. The molecule has 0 aliphatic rings. The number of hydrogen-bond acceptors (Lipinski definition) is 3. The van der Waals surface area contributed by atoms with Crippen LogP contribution in [0.25, 0.3) is 12.2 Å². The lowest BCUT2D eigenvalue weighted by molar-refractivity contribution is 1.03. The van der Waals surface area contributed by atoms with Crippen molar-refractivity contribution in [1.29, 1.82) is 0 Å². The van der Waals surface area contributed by atoms with Crippen molar-refractivity contribution in [2.45, 2.75) is 27.7 Å². The Labute approximate surface area is 108 Å². The second kappa shape index (κ2) is 8.00. The van der Waals surface area contributed by atoms with E-state index in [2.05, 4.69) is 21.5 Å². The Morgan fingerprint density at radius 3 is 2.33 bits per heavy atom. The van der Waals surface area contributed by atoms with Crippen LogP contribution >= 0.6 is 0 Å². The molecule has 0 radical (unpaired) electrons. The molecule has 0 atom stereocenters. The molecule has 1 aromatic heterocycles. The number of aliphatic imine (C=N–C) groups is 1. The summed E-state index contributed by atoms with van der Waals surface area (Å²) in [4.78, 5) is 12.2. The molecule has 0 saturated heterocycles. The zero-order chi connectivity index (χ0) is 14.1. The van der Waals surface area contributed by atoms with Crippen LogP contribution in [0.15, 0.2) is 17.6 Å². The molecule has 4 N–H and O–H groups in total. The molecular weight excluding hydrogens is 226 g/mol. The van der Waals surface area contributed by atoms with Crippen molar-refractivity contribution < 1.29 is 0 Å². The smallest absolute Gasteiger partial charge is 0.253 e. The van der Waals surface area contributed by atoms with Crippen LogP contribution in [0.3, 0.4) is 0 Å². The maximum Gasteiger partial charge on any atom is 0.253 e. The van der Waals surface area contributed by atoms with Crippen LogP contribution < -0.4 is 22.0 Å². The van der Waals surface area contributed by atoms with Gasteiger partial charge in [-0.15, -0.1) is 0 Å². The monoisotopic (exact) mass is 247 g/mol. The minimum absolute atomic E-state index is 0.0582. The Kier molecular flexibility index (Phi) is 7.04. The van der Waals surface area contributed by atoms with Crippen LogP contribution in [0.2, 0.25) is 0 Å².